The highest BCUT2D eigenvalue weighted by Gasteiger charge is 2.13. The summed E-state index contributed by atoms with van der Waals surface area (Å²) in [6.07, 6.45) is 0.781. The van der Waals surface area contributed by atoms with Crippen molar-refractivity contribution in [2.45, 2.75) is 20.3 Å². The maximum atomic E-state index is 11.9. The Balaban J connectivity index is 2.16. The van der Waals surface area contributed by atoms with E-state index in [4.69, 9.17) is 0 Å². The summed E-state index contributed by atoms with van der Waals surface area (Å²) in [6, 6.07) is 4.90. The fourth-order valence-electron chi connectivity index (χ4n) is 1.45. The lowest BCUT2D eigenvalue weighted by Gasteiger charge is -2.04. The zero-order valence-electron chi connectivity index (χ0n) is 10.1. The first-order valence-corrected chi connectivity index (χ1v) is 6.35. The second-order valence-electron chi connectivity index (χ2n) is 3.83. The largest absolute Gasteiger partial charge is 0.507 e. The van der Waals surface area contributed by atoms with Crippen LogP contribution in [-0.2, 0) is 6.42 Å². The number of rotatable bonds is 3. The van der Waals surface area contributed by atoms with Crippen molar-refractivity contribution < 1.29 is 9.90 Å². The maximum Gasteiger partial charge on any atom is 0.261 e. The Bertz CT molecular complexity index is 580. The molecule has 94 valence electrons. The predicted octanol–water partition coefficient (Wildman–Crippen LogP) is 2.37. The van der Waals surface area contributed by atoms with E-state index in [-0.39, 0.29) is 17.2 Å². The van der Waals surface area contributed by atoms with Gasteiger partial charge in [-0.15, -0.1) is 10.2 Å². The number of carbonyl (C=O) groups excluding carboxylic acids is 1. The number of nitrogens with one attached hydrogen (secondary N) is 1. The highest BCUT2D eigenvalue weighted by Crippen LogP contribution is 2.21. The fraction of sp³-hybridized carbons (Fsp3) is 0.250. The minimum Gasteiger partial charge on any atom is -0.507 e. The molecule has 1 amide bonds. The molecular formula is C12H13N3O2S. The highest BCUT2D eigenvalue weighted by atomic mass is 32.1. The molecule has 1 aromatic heterocycles. The Labute approximate surface area is 109 Å². The van der Waals surface area contributed by atoms with Crippen molar-refractivity contribution in [1.82, 2.24) is 10.2 Å². The van der Waals surface area contributed by atoms with E-state index in [2.05, 4.69) is 15.5 Å². The average Bonchev–Trinajstić information content (AvgIpc) is 2.76. The van der Waals surface area contributed by atoms with Crippen molar-refractivity contribution in [1.29, 1.82) is 0 Å². The van der Waals surface area contributed by atoms with Crippen LogP contribution in [0.1, 0.15) is 27.9 Å². The number of aromatic hydroxyl groups is 1. The number of phenols is 1. The van der Waals surface area contributed by atoms with Gasteiger partial charge in [-0.2, -0.15) is 0 Å². The molecule has 0 unspecified atom stereocenters. The summed E-state index contributed by atoms with van der Waals surface area (Å²) in [6.45, 7) is 3.82. The molecule has 1 aromatic carbocycles. The normalized spacial score (nSPS) is 10.3. The van der Waals surface area contributed by atoms with Gasteiger partial charge in [-0.1, -0.05) is 24.3 Å². The van der Waals surface area contributed by atoms with Crippen LogP contribution in [0.4, 0.5) is 5.13 Å². The summed E-state index contributed by atoms with van der Waals surface area (Å²) in [5.41, 5.74) is 1.13. The van der Waals surface area contributed by atoms with Crippen LogP contribution in [0.5, 0.6) is 5.75 Å². The first kappa shape index (κ1) is 12.5. The van der Waals surface area contributed by atoms with Crippen LogP contribution < -0.4 is 5.32 Å². The Kier molecular flexibility index (Phi) is 3.57. The number of hydrogen-bond acceptors (Lipinski definition) is 5. The zero-order chi connectivity index (χ0) is 13.1. The van der Waals surface area contributed by atoms with Gasteiger partial charge in [0.2, 0.25) is 5.13 Å². The molecular weight excluding hydrogens is 250 g/mol. The van der Waals surface area contributed by atoms with Crippen LogP contribution in [0.25, 0.3) is 0 Å². The molecule has 18 heavy (non-hydrogen) atoms. The van der Waals surface area contributed by atoms with Gasteiger partial charge in [0.05, 0.1) is 5.56 Å². The van der Waals surface area contributed by atoms with Crippen LogP contribution in [0.15, 0.2) is 18.2 Å². The minimum absolute atomic E-state index is 0.0345. The fourth-order valence-corrected chi connectivity index (χ4v) is 2.12. The zero-order valence-corrected chi connectivity index (χ0v) is 10.9. The van der Waals surface area contributed by atoms with E-state index < -0.39 is 0 Å². The second kappa shape index (κ2) is 5.14. The molecule has 0 aliphatic heterocycles. The SMILES string of the molecule is CCc1nnc(NC(=O)c2ccc(C)cc2O)s1. The smallest absolute Gasteiger partial charge is 0.261 e. The predicted molar refractivity (Wildman–Crippen MR) is 70.1 cm³/mol. The van der Waals surface area contributed by atoms with E-state index in [1.165, 1.54) is 11.3 Å². The molecule has 0 spiro atoms. The number of amides is 1. The van der Waals surface area contributed by atoms with Crippen LogP contribution >= 0.6 is 11.3 Å². The standard InChI is InChI=1S/C12H13N3O2S/c1-3-10-14-15-12(18-10)13-11(17)8-5-4-7(2)6-9(8)16/h4-6,16H,3H2,1-2H3,(H,13,15,17). The summed E-state index contributed by atoms with van der Waals surface area (Å²) in [4.78, 5) is 11.9. The number of aryl methyl sites for hydroxylation is 2. The highest BCUT2D eigenvalue weighted by molar-refractivity contribution is 7.15. The number of anilines is 1. The van der Waals surface area contributed by atoms with Gasteiger partial charge < -0.3 is 5.11 Å². The van der Waals surface area contributed by atoms with Gasteiger partial charge >= 0.3 is 0 Å². The Morgan fingerprint density at radius 2 is 2.22 bits per heavy atom. The molecule has 0 radical (unpaired) electrons. The van der Waals surface area contributed by atoms with Crippen LogP contribution in [0.2, 0.25) is 0 Å². The maximum absolute atomic E-state index is 11.9. The van der Waals surface area contributed by atoms with E-state index in [0.717, 1.165) is 17.0 Å². The van der Waals surface area contributed by atoms with Crippen molar-refractivity contribution in [2.24, 2.45) is 0 Å². The van der Waals surface area contributed by atoms with E-state index >= 15 is 0 Å². The molecule has 0 bridgehead atoms. The molecule has 0 saturated carbocycles. The number of aromatic nitrogens is 2. The summed E-state index contributed by atoms with van der Waals surface area (Å²) in [5.74, 6) is -0.418. The Morgan fingerprint density at radius 1 is 1.44 bits per heavy atom. The summed E-state index contributed by atoms with van der Waals surface area (Å²) < 4.78 is 0. The Morgan fingerprint density at radius 3 is 2.83 bits per heavy atom. The summed E-state index contributed by atoms with van der Waals surface area (Å²) in [5, 5.41) is 21.4. The molecule has 2 aromatic rings. The molecule has 0 aliphatic rings. The molecule has 1 heterocycles. The lowest BCUT2D eigenvalue weighted by molar-refractivity contribution is 0.102. The Hall–Kier alpha value is -1.95. The average molecular weight is 263 g/mol. The number of phenolic OH excluding ortho intramolecular Hbond substituents is 1. The quantitative estimate of drug-likeness (QED) is 0.891. The third-order valence-corrected chi connectivity index (χ3v) is 3.37. The van der Waals surface area contributed by atoms with Gasteiger partial charge in [0.15, 0.2) is 0 Å². The lowest BCUT2D eigenvalue weighted by atomic mass is 10.1. The minimum atomic E-state index is -0.383. The van der Waals surface area contributed by atoms with Crippen molar-refractivity contribution >= 4 is 22.4 Å². The van der Waals surface area contributed by atoms with E-state index in [0.29, 0.717) is 5.13 Å². The van der Waals surface area contributed by atoms with Gasteiger partial charge in [-0.3, -0.25) is 10.1 Å². The number of benzene rings is 1. The topological polar surface area (TPSA) is 75.1 Å². The molecule has 2 rings (SSSR count). The monoisotopic (exact) mass is 263 g/mol. The van der Waals surface area contributed by atoms with Crippen LogP contribution in [0, 0.1) is 6.92 Å². The summed E-state index contributed by atoms with van der Waals surface area (Å²) in [7, 11) is 0. The molecule has 5 nitrogen and oxygen atoms in total. The van der Waals surface area contributed by atoms with Crippen LogP contribution in [0.3, 0.4) is 0 Å². The first-order chi connectivity index (χ1) is 8.60. The van der Waals surface area contributed by atoms with E-state index in [9.17, 15) is 9.90 Å². The molecule has 6 heteroatoms. The molecule has 0 fully saturated rings. The number of hydrogen-bond donors (Lipinski definition) is 2. The van der Waals surface area contributed by atoms with Gasteiger partial charge in [-0.05, 0) is 31.0 Å². The van der Waals surface area contributed by atoms with Crippen molar-refractivity contribution in [3.8, 4) is 5.75 Å². The molecule has 0 atom stereocenters. The number of nitrogens with zero attached hydrogens (tertiary/aromatic N) is 2. The van der Waals surface area contributed by atoms with Gasteiger partial charge in [0.25, 0.3) is 5.91 Å². The molecule has 0 saturated heterocycles. The van der Waals surface area contributed by atoms with Gasteiger partial charge in [0, 0.05) is 0 Å². The number of carbonyl (C=O) groups is 1. The molecule has 0 aliphatic carbocycles. The third-order valence-electron chi connectivity index (χ3n) is 2.39. The molecule has 2 N–H and O–H groups in total. The van der Waals surface area contributed by atoms with Crippen molar-refractivity contribution in [2.75, 3.05) is 5.32 Å². The lowest BCUT2D eigenvalue weighted by Crippen LogP contribution is -2.11. The van der Waals surface area contributed by atoms with Crippen molar-refractivity contribution in [3.63, 3.8) is 0 Å². The van der Waals surface area contributed by atoms with E-state index in [1.807, 2.05) is 13.8 Å². The second-order valence-corrected chi connectivity index (χ2v) is 4.89. The van der Waals surface area contributed by atoms with Gasteiger partial charge in [-0.25, -0.2) is 0 Å². The third kappa shape index (κ3) is 2.65. The van der Waals surface area contributed by atoms with E-state index in [1.54, 1.807) is 18.2 Å². The first-order valence-electron chi connectivity index (χ1n) is 5.53. The van der Waals surface area contributed by atoms with Crippen LogP contribution in [-0.4, -0.2) is 21.2 Å². The summed E-state index contributed by atoms with van der Waals surface area (Å²) >= 11 is 1.33. The van der Waals surface area contributed by atoms with Gasteiger partial charge in [0.1, 0.15) is 10.8 Å². The van der Waals surface area contributed by atoms with Crippen molar-refractivity contribution in [3.05, 3.63) is 34.3 Å².